The Hall–Kier alpha value is -2.70. The van der Waals surface area contributed by atoms with Crippen LogP contribution in [0.1, 0.15) is 12.5 Å². The van der Waals surface area contributed by atoms with E-state index in [1.54, 1.807) is 0 Å². The number of fused-ring (bicyclic) bond motifs is 5. The molecule has 0 aromatic carbocycles. The molecule has 0 amide bonds. The van der Waals surface area contributed by atoms with E-state index in [9.17, 15) is 24.5 Å². The molecule has 7 heterocycles. The van der Waals surface area contributed by atoms with Crippen LogP contribution in [0.5, 0.6) is 0 Å². The average Bonchev–Trinajstić information content (AvgIpc) is 3.72. The zero-order valence-electron chi connectivity index (χ0n) is 22.3. The number of anilines is 2. The highest BCUT2D eigenvalue weighted by Gasteiger charge is 2.53. The molecular formula is C19H23N11O11P2S2. The summed E-state index contributed by atoms with van der Waals surface area (Å²) in [6.45, 7) is -9.75. The van der Waals surface area contributed by atoms with Gasteiger partial charge in [-0.3, -0.25) is 27.9 Å². The molecule has 0 spiro atoms. The number of aromatic nitrogens is 9. The predicted octanol–water partition coefficient (Wildman–Crippen LogP) is -1.89. The van der Waals surface area contributed by atoms with Crippen LogP contribution < -0.4 is 17.0 Å². The van der Waals surface area contributed by atoms with Crippen LogP contribution in [0, 0.1) is 0 Å². The third-order valence-electron chi connectivity index (χ3n) is 7.19. The van der Waals surface area contributed by atoms with Crippen LogP contribution in [0.4, 0.5) is 11.8 Å². The van der Waals surface area contributed by atoms with E-state index in [0.29, 0.717) is 0 Å². The first-order valence-electron chi connectivity index (χ1n) is 12.8. The summed E-state index contributed by atoms with van der Waals surface area (Å²) >= 11 is 9.26. The van der Waals surface area contributed by atoms with E-state index in [-0.39, 0.29) is 34.1 Å². The minimum atomic E-state index is -4.38. The van der Waals surface area contributed by atoms with Gasteiger partial charge in [-0.05, 0) is 11.8 Å². The van der Waals surface area contributed by atoms with Gasteiger partial charge in [-0.15, -0.1) is 5.10 Å². The topological polar surface area (TPSA) is 305 Å². The summed E-state index contributed by atoms with van der Waals surface area (Å²) in [4.78, 5) is 41.6. The van der Waals surface area contributed by atoms with Gasteiger partial charge < -0.3 is 40.6 Å². The second-order valence-corrected chi connectivity index (χ2v) is 15.7. The Morgan fingerprint density at radius 1 is 1.00 bits per heavy atom. The molecule has 3 aliphatic rings. The number of rotatable bonds is 2. The molecular weight excluding hydrogens is 684 g/mol. The molecule has 3 fully saturated rings. The van der Waals surface area contributed by atoms with Crippen molar-refractivity contribution in [3.63, 3.8) is 0 Å². The van der Waals surface area contributed by atoms with E-state index in [1.165, 1.54) is 10.9 Å². The van der Waals surface area contributed by atoms with Gasteiger partial charge in [0.05, 0.1) is 19.5 Å². The lowest BCUT2D eigenvalue weighted by atomic mass is 10.1. The second kappa shape index (κ2) is 11.2. The summed E-state index contributed by atoms with van der Waals surface area (Å²) in [7, 11) is 0. The number of nitrogens with zero attached hydrogens (tertiary/aromatic N) is 8. The van der Waals surface area contributed by atoms with Crippen molar-refractivity contribution in [3.05, 3.63) is 23.0 Å². The third-order valence-corrected chi connectivity index (χ3v) is 10.4. The highest BCUT2D eigenvalue weighted by Crippen LogP contribution is 2.58. The van der Waals surface area contributed by atoms with Crippen LogP contribution in [0.15, 0.2) is 17.4 Å². The third kappa shape index (κ3) is 5.54. The fourth-order valence-electron chi connectivity index (χ4n) is 5.17. The van der Waals surface area contributed by atoms with Crippen molar-refractivity contribution in [2.75, 3.05) is 24.7 Å². The number of aliphatic hydroxyl groups is 2. The number of imidazole rings is 1. The van der Waals surface area contributed by atoms with Gasteiger partial charge in [-0.1, -0.05) is 17.5 Å². The number of nitrogen functional groups attached to an aromatic ring is 2. The van der Waals surface area contributed by atoms with Gasteiger partial charge in [0.25, 0.3) is 5.56 Å². The minimum absolute atomic E-state index is 0.0281. The first kappa shape index (κ1) is 30.9. The van der Waals surface area contributed by atoms with Crippen LogP contribution >= 0.6 is 25.8 Å². The summed E-state index contributed by atoms with van der Waals surface area (Å²) < 4.78 is 50.1. The second-order valence-electron chi connectivity index (χ2n) is 10.0. The summed E-state index contributed by atoms with van der Waals surface area (Å²) in [5.74, 6) is -0.199. The lowest BCUT2D eigenvalue weighted by Crippen LogP contribution is -2.36. The van der Waals surface area contributed by atoms with Crippen LogP contribution in [0.25, 0.3) is 22.3 Å². The van der Waals surface area contributed by atoms with Gasteiger partial charge in [0.15, 0.2) is 40.6 Å². The van der Waals surface area contributed by atoms with Crippen molar-refractivity contribution in [2.45, 2.75) is 49.1 Å². The molecule has 26 heteroatoms. The summed E-state index contributed by atoms with van der Waals surface area (Å²) in [6.07, 6.45) is -8.91. The normalized spacial score (nSPS) is 37.7. The van der Waals surface area contributed by atoms with Gasteiger partial charge >= 0.3 is 13.5 Å². The smallest absolute Gasteiger partial charge is 0.386 e. The first-order chi connectivity index (χ1) is 21.3. The van der Waals surface area contributed by atoms with E-state index >= 15 is 0 Å². The highest BCUT2D eigenvalue weighted by molar-refractivity contribution is 8.44. The van der Waals surface area contributed by atoms with Gasteiger partial charge in [0, 0.05) is 0 Å². The molecule has 3 aliphatic heterocycles. The number of aromatic amines is 1. The molecule has 0 radical (unpaired) electrons. The van der Waals surface area contributed by atoms with Crippen LogP contribution in [-0.4, -0.2) is 109 Å². The molecule has 45 heavy (non-hydrogen) atoms. The average molecular weight is 708 g/mol. The SMILES string of the molecule is Nc1nc2c(ncn2[C@@H]2O[C@@H]3COP(O)(=S)O[C@@H]4C(O)[C@H](n5nnc6c(N)ncnc65)O[C@@H]4COP(=O)(S)O[C@H]2C3O)c(=O)[nH]1. The Morgan fingerprint density at radius 2 is 1.76 bits per heavy atom. The summed E-state index contributed by atoms with van der Waals surface area (Å²) in [5, 5.41) is 30.2. The fourth-order valence-corrected chi connectivity index (χ4v) is 8.07. The van der Waals surface area contributed by atoms with E-state index in [2.05, 4.69) is 47.5 Å². The Morgan fingerprint density at radius 3 is 2.56 bits per heavy atom. The summed E-state index contributed by atoms with van der Waals surface area (Å²) in [5.41, 5.74) is 11.0. The highest BCUT2D eigenvalue weighted by atomic mass is 32.7. The van der Waals surface area contributed by atoms with Crippen molar-refractivity contribution < 1.29 is 47.2 Å². The van der Waals surface area contributed by atoms with Crippen LogP contribution in [0.3, 0.4) is 0 Å². The number of nitrogens with two attached hydrogens (primary N) is 2. The van der Waals surface area contributed by atoms with E-state index in [0.717, 1.165) is 11.0 Å². The maximum atomic E-state index is 13.5. The number of nitrogens with one attached hydrogen (secondary N) is 1. The minimum Gasteiger partial charge on any atom is -0.387 e. The van der Waals surface area contributed by atoms with Crippen molar-refractivity contribution >= 4 is 71.7 Å². The molecule has 0 saturated carbocycles. The van der Waals surface area contributed by atoms with Crippen molar-refractivity contribution in [1.29, 1.82) is 0 Å². The van der Waals surface area contributed by atoms with Gasteiger partial charge in [-0.2, -0.15) is 9.67 Å². The Bertz CT molecular complexity index is 1940. The summed E-state index contributed by atoms with van der Waals surface area (Å²) in [6, 6.07) is 0. The van der Waals surface area contributed by atoms with Gasteiger partial charge in [-0.25, -0.2) is 19.5 Å². The molecule has 4 aromatic heterocycles. The molecule has 4 unspecified atom stereocenters. The van der Waals surface area contributed by atoms with Crippen molar-refractivity contribution in [3.8, 4) is 0 Å². The predicted molar refractivity (Wildman–Crippen MR) is 155 cm³/mol. The molecule has 0 aliphatic carbocycles. The quantitative estimate of drug-likeness (QED) is 0.0884. The standard InChI is InChI=1S/C19H23N11O11P2S2/c20-13-7-14(23-3-22-13)30(28-27-7)17-10(32)11-6(39-17)2-37-43(35,45)41-12-9(31)5(1-36-42(34,44)40-11)38-18(12)29-4-24-8-15(29)25-19(21)26-16(8)33/h3-6,9-12,17-18,31-32H,1-2H2,(H,34,44)(H,35,45)(H2,20,22,23)(H3,21,25,26,33)/t5-,6-,9?,10?,11+,12+,17-,18-,42?,43?/m1/s1. The van der Waals surface area contributed by atoms with Gasteiger partial charge in [0.2, 0.25) is 5.95 Å². The Balaban J connectivity index is 1.21. The Labute approximate surface area is 259 Å². The van der Waals surface area contributed by atoms with Gasteiger partial charge in [0.1, 0.15) is 43.0 Å². The van der Waals surface area contributed by atoms with Crippen molar-refractivity contribution in [2.24, 2.45) is 0 Å². The number of hydrogen-bond acceptors (Lipinski definition) is 19. The Kier molecular flexibility index (Phi) is 7.71. The molecule has 4 aromatic rings. The number of thiol groups is 1. The lowest BCUT2D eigenvalue weighted by Gasteiger charge is -2.27. The molecule has 22 nitrogen and oxygen atoms in total. The molecule has 8 N–H and O–H groups in total. The van der Waals surface area contributed by atoms with E-state index < -0.39 is 81.4 Å². The zero-order chi connectivity index (χ0) is 31.8. The molecule has 242 valence electrons. The van der Waals surface area contributed by atoms with E-state index in [1.807, 2.05) is 0 Å². The van der Waals surface area contributed by atoms with Crippen LogP contribution in [-0.2, 0) is 43.9 Å². The first-order valence-corrected chi connectivity index (χ1v) is 18.1. The molecule has 7 rings (SSSR count). The largest absolute Gasteiger partial charge is 0.387 e. The van der Waals surface area contributed by atoms with Crippen LogP contribution in [0.2, 0.25) is 0 Å². The number of ether oxygens (including phenoxy) is 2. The van der Waals surface area contributed by atoms with Crippen molar-refractivity contribution in [1.82, 2.24) is 44.5 Å². The molecule has 10 atom stereocenters. The maximum absolute atomic E-state index is 13.5. The number of hydrogen-bond donors (Lipinski definition) is 7. The molecule has 3 saturated heterocycles. The zero-order valence-corrected chi connectivity index (χ0v) is 25.8. The van der Waals surface area contributed by atoms with E-state index in [4.69, 9.17) is 50.8 Å². The lowest BCUT2D eigenvalue weighted by molar-refractivity contribution is -0.0615. The number of aliphatic hydroxyl groups excluding tert-OH is 2. The monoisotopic (exact) mass is 707 g/mol. The molecule has 2 bridgehead atoms. The number of H-pyrrole nitrogens is 1. The maximum Gasteiger partial charge on any atom is 0.386 e. The fraction of sp³-hybridized carbons (Fsp3) is 0.526.